The lowest BCUT2D eigenvalue weighted by Gasteiger charge is -1.97. The van der Waals surface area contributed by atoms with Crippen molar-refractivity contribution < 1.29 is 0 Å². The van der Waals surface area contributed by atoms with E-state index in [4.69, 9.17) is 10.7 Å². The molecule has 0 saturated heterocycles. The fourth-order valence-electron chi connectivity index (χ4n) is 0.934. The van der Waals surface area contributed by atoms with Crippen LogP contribution in [0, 0.1) is 0 Å². The summed E-state index contributed by atoms with van der Waals surface area (Å²) in [4.78, 5) is 2.48. The van der Waals surface area contributed by atoms with Gasteiger partial charge in [0.05, 0.1) is 14.6 Å². The van der Waals surface area contributed by atoms with Gasteiger partial charge in [0.1, 0.15) is 0 Å². The molecule has 0 N–H and O–H groups in total. The van der Waals surface area contributed by atoms with Crippen LogP contribution >= 0.6 is 33.2 Å². The maximum atomic E-state index is 5.89. The fourth-order valence-corrected chi connectivity index (χ4v) is 4.41. The van der Waals surface area contributed by atoms with Crippen LogP contribution in [0.5, 0.6) is 0 Å². The molecule has 0 saturated carbocycles. The van der Waals surface area contributed by atoms with E-state index >= 15 is 0 Å². The number of hydrogen-bond donors (Lipinski definition) is 0. The van der Waals surface area contributed by atoms with Crippen LogP contribution in [0.15, 0.2) is 32.4 Å². The SMILES string of the molecule is CSc1ccc2c(c1)SS(Cl)=N2. The molecule has 5 heteroatoms. The Morgan fingerprint density at radius 2 is 2.42 bits per heavy atom. The van der Waals surface area contributed by atoms with Gasteiger partial charge in [-0.05, 0) is 45.9 Å². The Labute approximate surface area is 86.3 Å². The van der Waals surface area contributed by atoms with Gasteiger partial charge in [0.2, 0.25) is 0 Å². The van der Waals surface area contributed by atoms with Crippen LogP contribution in [-0.4, -0.2) is 6.26 Å². The first-order valence-corrected chi connectivity index (χ1v) is 7.85. The number of rotatable bonds is 1. The summed E-state index contributed by atoms with van der Waals surface area (Å²) in [5.74, 6) is 0. The molecule has 2 rings (SSSR count). The Balaban J connectivity index is 2.42. The van der Waals surface area contributed by atoms with E-state index < -0.39 is 0 Å². The minimum atomic E-state index is -0.375. The van der Waals surface area contributed by atoms with Crippen LogP contribution in [0.4, 0.5) is 5.69 Å². The van der Waals surface area contributed by atoms with Gasteiger partial charge in [-0.2, -0.15) is 0 Å². The predicted molar refractivity (Wildman–Crippen MR) is 59.4 cm³/mol. The topological polar surface area (TPSA) is 12.4 Å². The highest BCUT2D eigenvalue weighted by Gasteiger charge is 2.12. The first-order chi connectivity index (χ1) is 5.79. The molecule has 1 aromatic carbocycles. The van der Waals surface area contributed by atoms with E-state index in [0.717, 1.165) is 5.69 Å². The average molecular weight is 236 g/mol. The Bertz CT molecular complexity index is 351. The molecule has 0 aromatic heterocycles. The molecule has 64 valence electrons. The monoisotopic (exact) mass is 235 g/mol. The molecule has 1 aliphatic rings. The summed E-state index contributed by atoms with van der Waals surface area (Å²) in [7, 11) is 7.15. The van der Waals surface area contributed by atoms with E-state index in [0.29, 0.717) is 0 Å². The maximum absolute atomic E-state index is 5.89. The van der Waals surface area contributed by atoms with Crippen molar-refractivity contribution in [2.24, 2.45) is 4.36 Å². The minimum Gasteiger partial charge on any atom is -0.200 e. The molecule has 1 aromatic rings. The Morgan fingerprint density at radius 1 is 1.58 bits per heavy atom. The molecule has 0 spiro atoms. The van der Waals surface area contributed by atoms with Gasteiger partial charge < -0.3 is 0 Å². The van der Waals surface area contributed by atoms with Crippen molar-refractivity contribution in [2.45, 2.75) is 9.79 Å². The molecule has 0 bridgehead atoms. The second-order valence-electron chi connectivity index (χ2n) is 2.21. The quantitative estimate of drug-likeness (QED) is 0.539. The fraction of sp³-hybridized carbons (Fsp3) is 0.143. The average Bonchev–Trinajstić information content (AvgIpc) is 2.43. The van der Waals surface area contributed by atoms with Crippen molar-refractivity contribution in [2.75, 3.05) is 6.26 Å². The van der Waals surface area contributed by atoms with Gasteiger partial charge >= 0.3 is 0 Å². The zero-order valence-corrected chi connectivity index (χ0v) is 9.49. The molecule has 1 aliphatic heterocycles. The summed E-state index contributed by atoms with van der Waals surface area (Å²) in [5, 5.41) is 0. The minimum absolute atomic E-state index is 0.375. The summed E-state index contributed by atoms with van der Waals surface area (Å²) in [6.07, 6.45) is 2.07. The first-order valence-electron chi connectivity index (χ1n) is 3.28. The number of thioether (sulfide) groups is 1. The van der Waals surface area contributed by atoms with Crippen LogP contribution in [0.25, 0.3) is 0 Å². The van der Waals surface area contributed by atoms with Crippen molar-refractivity contribution in [1.29, 1.82) is 0 Å². The lowest BCUT2D eigenvalue weighted by atomic mass is 10.3. The number of halogens is 1. The lowest BCUT2D eigenvalue weighted by Crippen LogP contribution is -1.70. The molecular weight excluding hydrogens is 230 g/mol. The number of fused-ring (bicyclic) bond motifs is 1. The molecular formula is C7H6ClNS3. The predicted octanol–water partition coefficient (Wildman–Crippen LogP) is 4.02. The third-order valence-electron chi connectivity index (χ3n) is 1.50. The molecule has 0 amide bonds. The molecule has 0 radical (unpaired) electrons. The second kappa shape index (κ2) is 3.62. The zero-order valence-electron chi connectivity index (χ0n) is 6.28. The molecule has 1 unspecified atom stereocenters. The first kappa shape index (κ1) is 8.94. The van der Waals surface area contributed by atoms with Crippen molar-refractivity contribution in [3.05, 3.63) is 18.2 Å². The zero-order chi connectivity index (χ0) is 8.55. The number of hydrogen-bond acceptors (Lipinski definition) is 3. The molecule has 0 fully saturated rings. The van der Waals surface area contributed by atoms with Gasteiger partial charge in [-0.25, -0.2) is 4.36 Å². The van der Waals surface area contributed by atoms with Crippen LogP contribution in [0.1, 0.15) is 0 Å². The molecule has 1 heterocycles. The summed E-state index contributed by atoms with van der Waals surface area (Å²) in [6, 6.07) is 6.25. The number of nitrogens with zero attached hydrogens (tertiary/aromatic N) is 1. The molecule has 12 heavy (non-hydrogen) atoms. The Morgan fingerprint density at radius 3 is 3.17 bits per heavy atom. The van der Waals surface area contributed by atoms with Gasteiger partial charge in [0.25, 0.3) is 0 Å². The third kappa shape index (κ3) is 1.66. The van der Waals surface area contributed by atoms with Gasteiger partial charge in [0, 0.05) is 9.79 Å². The van der Waals surface area contributed by atoms with Crippen LogP contribution in [0.3, 0.4) is 0 Å². The standard InChI is InChI=1S/C7H6ClNS3/c1-10-5-2-3-6-7(4-5)11-12(8)9-6/h2-4H,1H3. The summed E-state index contributed by atoms with van der Waals surface area (Å²) >= 11 is 1.74. The van der Waals surface area contributed by atoms with E-state index in [1.165, 1.54) is 9.79 Å². The smallest absolute Gasteiger partial charge is 0.0872 e. The van der Waals surface area contributed by atoms with Crippen LogP contribution in [0.2, 0.25) is 0 Å². The van der Waals surface area contributed by atoms with Crippen LogP contribution in [-0.2, 0) is 8.94 Å². The van der Waals surface area contributed by atoms with Crippen molar-refractivity contribution in [3.63, 3.8) is 0 Å². The Hall–Kier alpha value is 0.360. The highest BCUT2D eigenvalue weighted by Crippen LogP contribution is 2.43. The second-order valence-corrected chi connectivity index (χ2v) is 7.17. The molecule has 1 nitrogen and oxygen atoms in total. The highest BCUT2D eigenvalue weighted by atomic mass is 35.7. The van der Waals surface area contributed by atoms with Crippen molar-refractivity contribution in [1.82, 2.24) is 0 Å². The van der Waals surface area contributed by atoms with Gasteiger partial charge in [-0.3, -0.25) is 0 Å². The van der Waals surface area contributed by atoms with E-state index in [1.807, 2.05) is 6.07 Å². The highest BCUT2D eigenvalue weighted by molar-refractivity contribution is 8.78. The number of benzene rings is 1. The van der Waals surface area contributed by atoms with E-state index in [9.17, 15) is 0 Å². The lowest BCUT2D eigenvalue weighted by molar-refractivity contribution is 1.32. The van der Waals surface area contributed by atoms with E-state index in [2.05, 4.69) is 22.8 Å². The van der Waals surface area contributed by atoms with E-state index in [-0.39, 0.29) is 8.94 Å². The van der Waals surface area contributed by atoms with E-state index in [1.54, 1.807) is 22.6 Å². The van der Waals surface area contributed by atoms with Gasteiger partial charge in [-0.1, -0.05) is 0 Å². The summed E-state index contributed by atoms with van der Waals surface area (Å²) in [6.45, 7) is 0. The molecule has 1 atom stereocenters. The Kier molecular flexibility index (Phi) is 2.69. The van der Waals surface area contributed by atoms with Gasteiger partial charge in [-0.15, -0.1) is 11.8 Å². The van der Waals surface area contributed by atoms with Gasteiger partial charge in [0.15, 0.2) is 0 Å². The third-order valence-corrected chi connectivity index (χ3v) is 5.15. The largest absolute Gasteiger partial charge is 0.200 e. The maximum Gasteiger partial charge on any atom is 0.0872 e. The normalized spacial score (nSPS) is 20.3. The summed E-state index contributed by atoms with van der Waals surface area (Å²) < 4.78 is 4.27. The van der Waals surface area contributed by atoms with Crippen molar-refractivity contribution in [3.8, 4) is 0 Å². The van der Waals surface area contributed by atoms with Crippen molar-refractivity contribution >= 4 is 47.9 Å². The molecule has 0 aliphatic carbocycles. The van der Waals surface area contributed by atoms with Crippen LogP contribution < -0.4 is 0 Å². The summed E-state index contributed by atoms with van der Waals surface area (Å²) in [5.41, 5.74) is 1.04.